The van der Waals surface area contributed by atoms with Gasteiger partial charge in [0.2, 0.25) is 0 Å². The Morgan fingerprint density at radius 1 is 1.23 bits per heavy atom. The number of carbonyl (C=O) groups is 1. The molecule has 1 N–H and O–H groups in total. The van der Waals surface area contributed by atoms with E-state index in [4.69, 9.17) is 14.6 Å². The topological polar surface area (TPSA) is 90.1 Å². The highest BCUT2D eigenvalue weighted by Gasteiger charge is 2.14. The van der Waals surface area contributed by atoms with Gasteiger partial charge in [-0.05, 0) is 30.7 Å². The number of hydrogen-bond acceptors (Lipinski definition) is 6. The van der Waals surface area contributed by atoms with Gasteiger partial charge in [0.15, 0.2) is 16.5 Å². The smallest absolute Gasteiger partial charge is 0.347 e. The van der Waals surface area contributed by atoms with E-state index in [0.717, 1.165) is 16.9 Å². The Hall–Kier alpha value is -3.13. The Balaban J connectivity index is 2.03. The number of methoxy groups -OCH3 is 2. The van der Waals surface area contributed by atoms with Crippen LogP contribution in [0.15, 0.2) is 29.2 Å². The van der Waals surface area contributed by atoms with Crippen LogP contribution in [0.25, 0.3) is 17.1 Å². The van der Waals surface area contributed by atoms with E-state index in [0.29, 0.717) is 27.7 Å². The van der Waals surface area contributed by atoms with Crippen LogP contribution in [-0.4, -0.2) is 34.7 Å². The fraction of sp³-hybridized carbons (Fsp3) is 0.167. The van der Waals surface area contributed by atoms with Crippen molar-refractivity contribution in [3.63, 3.8) is 0 Å². The lowest BCUT2D eigenvalue weighted by Gasteiger charge is -2.07. The summed E-state index contributed by atoms with van der Waals surface area (Å²) in [6.45, 7) is 1.66. The molecular weight excluding hydrogens is 356 g/mol. The number of thiazole rings is 1. The van der Waals surface area contributed by atoms with Crippen molar-refractivity contribution in [2.45, 2.75) is 6.92 Å². The largest absolute Gasteiger partial charge is 0.493 e. The second kappa shape index (κ2) is 7.01. The lowest BCUT2D eigenvalue weighted by atomic mass is 10.1. The summed E-state index contributed by atoms with van der Waals surface area (Å²) in [5.74, 6) is 0.137. The number of rotatable bonds is 5. The first-order valence-corrected chi connectivity index (χ1v) is 8.42. The zero-order valence-corrected chi connectivity index (χ0v) is 15.2. The normalized spacial score (nSPS) is 11.2. The molecular formula is C18H16N2O5S. The number of ether oxygens (including phenoxy) is 2. The van der Waals surface area contributed by atoms with Gasteiger partial charge in [-0.1, -0.05) is 23.5 Å². The number of nitrogens with zero attached hydrogens (tertiary/aromatic N) is 2. The molecule has 0 aliphatic rings. The first-order chi connectivity index (χ1) is 12.4. The predicted octanol–water partition coefficient (Wildman–Crippen LogP) is 2.95. The Bertz CT molecular complexity index is 1080. The number of carboxylic acid groups (broad SMARTS) is 1. The molecule has 26 heavy (non-hydrogen) atoms. The molecule has 2 aromatic heterocycles. The summed E-state index contributed by atoms with van der Waals surface area (Å²) < 4.78 is 11.7. The summed E-state index contributed by atoms with van der Waals surface area (Å²) in [5, 5.41) is 9.09. The maximum atomic E-state index is 12.4. The van der Waals surface area contributed by atoms with Crippen LogP contribution in [0.3, 0.4) is 0 Å². The minimum Gasteiger partial charge on any atom is -0.493 e. The average molecular weight is 372 g/mol. The number of aromatic nitrogens is 2. The molecule has 0 unspecified atom stereocenters. The van der Waals surface area contributed by atoms with Crippen LogP contribution in [0.4, 0.5) is 0 Å². The average Bonchev–Trinajstić information content (AvgIpc) is 3.07. The second-order valence-electron chi connectivity index (χ2n) is 5.43. The van der Waals surface area contributed by atoms with Crippen LogP contribution in [0.2, 0.25) is 0 Å². The monoisotopic (exact) mass is 372 g/mol. The third-order valence-corrected chi connectivity index (χ3v) is 4.82. The molecule has 0 fully saturated rings. The Morgan fingerprint density at radius 3 is 2.62 bits per heavy atom. The lowest BCUT2D eigenvalue weighted by molar-refractivity contribution is 0.0701. The van der Waals surface area contributed by atoms with Gasteiger partial charge in [0, 0.05) is 11.8 Å². The van der Waals surface area contributed by atoms with Crippen molar-refractivity contribution < 1.29 is 19.4 Å². The third kappa shape index (κ3) is 3.18. The van der Waals surface area contributed by atoms with Gasteiger partial charge in [-0.3, -0.25) is 9.20 Å². The lowest BCUT2D eigenvalue weighted by Crippen LogP contribution is -2.17. The second-order valence-corrected chi connectivity index (χ2v) is 6.44. The van der Waals surface area contributed by atoms with Gasteiger partial charge in [0.25, 0.3) is 5.56 Å². The van der Waals surface area contributed by atoms with Gasteiger partial charge in [0.05, 0.1) is 19.9 Å². The highest BCUT2D eigenvalue weighted by molar-refractivity contribution is 7.18. The van der Waals surface area contributed by atoms with Gasteiger partial charge < -0.3 is 14.6 Å². The summed E-state index contributed by atoms with van der Waals surface area (Å²) in [4.78, 5) is 28.4. The number of carboxylic acids is 1. The Morgan fingerprint density at radius 2 is 1.96 bits per heavy atom. The highest BCUT2D eigenvalue weighted by atomic mass is 32.1. The van der Waals surface area contributed by atoms with Gasteiger partial charge >= 0.3 is 5.97 Å². The van der Waals surface area contributed by atoms with Crippen molar-refractivity contribution in [1.29, 1.82) is 0 Å². The molecule has 134 valence electrons. The molecule has 0 atom stereocenters. The molecule has 2 heterocycles. The predicted molar refractivity (Wildman–Crippen MR) is 99.5 cm³/mol. The van der Waals surface area contributed by atoms with E-state index in [2.05, 4.69) is 4.98 Å². The van der Waals surface area contributed by atoms with Crippen molar-refractivity contribution in [2.75, 3.05) is 14.2 Å². The molecule has 0 radical (unpaired) electrons. The number of fused-ring (bicyclic) bond motifs is 1. The highest BCUT2D eigenvalue weighted by Crippen LogP contribution is 2.28. The zero-order valence-electron chi connectivity index (χ0n) is 14.3. The van der Waals surface area contributed by atoms with E-state index in [-0.39, 0.29) is 10.4 Å². The molecule has 0 aliphatic heterocycles. The number of benzene rings is 1. The van der Waals surface area contributed by atoms with Gasteiger partial charge in [-0.2, -0.15) is 0 Å². The van der Waals surface area contributed by atoms with Crippen LogP contribution in [0.5, 0.6) is 11.5 Å². The van der Waals surface area contributed by atoms with Crippen LogP contribution in [0.1, 0.15) is 26.5 Å². The summed E-state index contributed by atoms with van der Waals surface area (Å²) in [7, 11) is 3.12. The minimum atomic E-state index is -1.08. The van der Waals surface area contributed by atoms with E-state index < -0.39 is 5.97 Å². The summed E-state index contributed by atoms with van der Waals surface area (Å²) in [6, 6.07) is 5.45. The first kappa shape index (κ1) is 17.7. The van der Waals surface area contributed by atoms with Crippen molar-refractivity contribution in [2.24, 2.45) is 0 Å². The molecule has 0 spiro atoms. The van der Waals surface area contributed by atoms with Crippen LogP contribution >= 0.6 is 11.3 Å². The molecule has 1 aromatic carbocycles. The minimum absolute atomic E-state index is 0.0648. The van der Waals surface area contributed by atoms with E-state index in [1.54, 1.807) is 39.4 Å². The molecule has 3 rings (SSSR count). The van der Waals surface area contributed by atoms with Crippen LogP contribution < -0.4 is 15.0 Å². The first-order valence-electron chi connectivity index (χ1n) is 7.60. The molecule has 0 saturated heterocycles. The maximum absolute atomic E-state index is 12.4. The fourth-order valence-electron chi connectivity index (χ4n) is 2.44. The Labute approximate surface area is 152 Å². The summed E-state index contributed by atoms with van der Waals surface area (Å²) in [5.41, 5.74) is 1.49. The van der Waals surface area contributed by atoms with Gasteiger partial charge in [0.1, 0.15) is 4.88 Å². The number of hydrogen-bond donors (Lipinski definition) is 1. The van der Waals surface area contributed by atoms with Crippen molar-refractivity contribution in [3.05, 3.63) is 56.4 Å². The number of aromatic carboxylic acids is 1. The molecule has 8 heteroatoms. The standard InChI is InChI=1S/C18H16N2O5S/c1-10-12(6-4-11-5-7-13(24-2)14(8-11)25-3)19-18-20(16(10)21)9-15(26-18)17(22)23/h4-9H,1-3H3,(H,22,23)/b6-4+. The molecule has 0 bridgehead atoms. The maximum Gasteiger partial charge on any atom is 0.347 e. The molecule has 0 amide bonds. The molecule has 0 saturated carbocycles. The van der Waals surface area contributed by atoms with Crippen molar-refractivity contribution in [3.8, 4) is 11.5 Å². The summed E-state index contributed by atoms with van der Waals surface area (Å²) >= 11 is 0.957. The summed E-state index contributed by atoms with van der Waals surface area (Å²) in [6.07, 6.45) is 4.82. The van der Waals surface area contributed by atoms with Crippen LogP contribution in [-0.2, 0) is 0 Å². The SMILES string of the molecule is COc1ccc(/C=C/c2nc3sc(C(=O)O)cn3c(=O)c2C)cc1OC. The van der Waals surface area contributed by atoms with E-state index >= 15 is 0 Å². The van der Waals surface area contributed by atoms with Crippen molar-refractivity contribution >= 4 is 34.4 Å². The van der Waals surface area contributed by atoms with E-state index in [1.807, 2.05) is 12.1 Å². The van der Waals surface area contributed by atoms with Crippen molar-refractivity contribution in [1.82, 2.24) is 9.38 Å². The van der Waals surface area contributed by atoms with Gasteiger partial charge in [-0.15, -0.1) is 0 Å². The van der Waals surface area contributed by atoms with Gasteiger partial charge in [-0.25, -0.2) is 9.78 Å². The third-order valence-electron chi connectivity index (χ3n) is 3.85. The fourth-order valence-corrected chi connectivity index (χ4v) is 3.26. The molecule has 7 nitrogen and oxygen atoms in total. The zero-order chi connectivity index (χ0) is 18.8. The van der Waals surface area contributed by atoms with Crippen LogP contribution in [0, 0.1) is 6.92 Å². The molecule has 0 aliphatic carbocycles. The quantitative estimate of drug-likeness (QED) is 0.741. The Kier molecular flexibility index (Phi) is 4.77. The van der Waals surface area contributed by atoms with E-state index in [1.165, 1.54) is 10.6 Å². The van der Waals surface area contributed by atoms with E-state index in [9.17, 15) is 9.59 Å². The molecule has 3 aromatic rings.